The largest absolute Gasteiger partial charge is 0.314 e. The maximum absolute atomic E-state index is 3.72. The fourth-order valence-electron chi connectivity index (χ4n) is 2.23. The summed E-state index contributed by atoms with van der Waals surface area (Å²) in [7, 11) is 2.37. The van der Waals surface area contributed by atoms with E-state index in [-0.39, 0.29) is 0 Å². The van der Waals surface area contributed by atoms with Gasteiger partial charge >= 0.3 is 0 Å². The average molecular weight is 191 g/mol. The van der Waals surface area contributed by atoms with Gasteiger partial charge in [-0.3, -0.25) is 0 Å². The number of nitrogens with zero attached hydrogens (tertiary/aromatic N) is 1. The molecule has 2 fully saturated rings. The molecule has 0 aromatic carbocycles. The predicted molar refractivity (Wildman–Crippen MR) is 41.4 cm³/mol. The van der Waals surface area contributed by atoms with Crippen LogP contribution in [-0.4, -0.2) is 29.6 Å². The molecule has 2 saturated heterocycles. The van der Waals surface area contributed by atoms with Crippen molar-refractivity contribution in [3.8, 4) is 0 Å². The van der Waals surface area contributed by atoms with Crippen LogP contribution in [0.3, 0.4) is 0 Å². The minimum absolute atomic E-state index is 0.774. The molecule has 2 heteroatoms. The molecule has 0 spiro atoms. The third kappa shape index (κ3) is 0.761. The molecule has 1 nitrogen and oxygen atoms in total. The van der Waals surface area contributed by atoms with Crippen molar-refractivity contribution >= 4 is 15.9 Å². The Kier molecular flexibility index (Phi) is 1.18. The molecule has 0 aliphatic carbocycles. The molecule has 0 aromatic rings. The Morgan fingerprint density at radius 2 is 2.33 bits per heavy atom. The van der Waals surface area contributed by atoms with E-state index >= 15 is 0 Å². The van der Waals surface area contributed by atoms with E-state index in [1.807, 2.05) is 0 Å². The topological polar surface area (TPSA) is 0 Å². The van der Waals surface area contributed by atoms with Gasteiger partial charge in [-0.05, 0) is 15.9 Å². The van der Waals surface area contributed by atoms with Crippen molar-refractivity contribution in [2.75, 3.05) is 20.1 Å². The van der Waals surface area contributed by atoms with Crippen molar-refractivity contribution in [2.24, 2.45) is 5.92 Å². The molecular formula is C7H13BrN+. The second-order valence-electron chi connectivity index (χ2n) is 3.71. The maximum Gasteiger partial charge on any atom is 0.144 e. The highest BCUT2D eigenvalue weighted by molar-refractivity contribution is 9.09. The maximum atomic E-state index is 3.72. The Bertz CT molecular complexity index is 137. The number of hydrogen-bond donors (Lipinski definition) is 0. The molecule has 0 N–H and O–H groups in total. The van der Waals surface area contributed by atoms with E-state index in [0.29, 0.717) is 0 Å². The van der Waals surface area contributed by atoms with Crippen LogP contribution in [0.2, 0.25) is 0 Å². The van der Waals surface area contributed by atoms with E-state index in [1.165, 1.54) is 30.4 Å². The van der Waals surface area contributed by atoms with Gasteiger partial charge in [-0.2, -0.15) is 0 Å². The molecule has 2 aliphatic heterocycles. The van der Waals surface area contributed by atoms with Gasteiger partial charge in [-0.1, -0.05) is 0 Å². The molecule has 3 unspecified atom stereocenters. The first-order valence-corrected chi connectivity index (χ1v) is 4.60. The highest BCUT2D eigenvalue weighted by Gasteiger charge is 2.47. The van der Waals surface area contributed by atoms with Gasteiger partial charge in [0.05, 0.1) is 20.1 Å². The van der Waals surface area contributed by atoms with Crippen LogP contribution in [-0.2, 0) is 0 Å². The summed E-state index contributed by atoms with van der Waals surface area (Å²) in [5.74, 6) is 1.04. The Morgan fingerprint density at radius 1 is 1.56 bits per heavy atom. The number of piperidine rings is 1. The zero-order chi connectivity index (χ0) is 6.48. The van der Waals surface area contributed by atoms with Crippen LogP contribution in [0.25, 0.3) is 0 Å². The standard InChI is InChI=1S/C7H13BrN/c1-9-3-2-6(5-9)4-7(9)8/h6-7H,2-5H2,1H3/q+1. The first-order chi connectivity index (χ1) is 4.21. The predicted octanol–water partition coefficient (Wildman–Crippen LogP) is 1.58. The summed E-state index contributed by atoms with van der Waals surface area (Å²) in [4.78, 5) is 0.774. The smallest absolute Gasteiger partial charge is 0.144 e. The lowest BCUT2D eigenvalue weighted by atomic mass is 10.1. The second kappa shape index (κ2) is 1.73. The Hall–Kier alpha value is 0.440. The zero-order valence-corrected chi connectivity index (χ0v) is 7.39. The first-order valence-electron chi connectivity index (χ1n) is 3.69. The molecule has 0 radical (unpaired) electrons. The lowest BCUT2D eigenvalue weighted by Gasteiger charge is -2.30. The summed E-state index contributed by atoms with van der Waals surface area (Å²) in [6.07, 6.45) is 2.88. The van der Waals surface area contributed by atoms with Gasteiger partial charge in [0.2, 0.25) is 0 Å². The van der Waals surface area contributed by atoms with Crippen molar-refractivity contribution in [1.29, 1.82) is 0 Å². The van der Waals surface area contributed by atoms with Crippen molar-refractivity contribution in [1.82, 2.24) is 0 Å². The van der Waals surface area contributed by atoms with Crippen LogP contribution in [0, 0.1) is 5.92 Å². The van der Waals surface area contributed by atoms with Gasteiger partial charge in [-0.15, -0.1) is 0 Å². The SMILES string of the molecule is C[N+]12CCC(CC1Br)C2. The highest BCUT2D eigenvalue weighted by Crippen LogP contribution is 2.41. The van der Waals surface area contributed by atoms with E-state index in [2.05, 4.69) is 23.0 Å². The van der Waals surface area contributed by atoms with Crippen molar-refractivity contribution < 1.29 is 4.48 Å². The number of fused-ring (bicyclic) bond motifs is 2. The van der Waals surface area contributed by atoms with Crippen LogP contribution >= 0.6 is 15.9 Å². The monoisotopic (exact) mass is 190 g/mol. The summed E-state index contributed by atoms with van der Waals surface area (Å²) < 4.78 is 1.30. The molecule has 0 saturated carbocycles. The molecule has 2 aliphatic rings. The molecule has 2 rings (SSSR count). The molecule has 3 atom stereocenters. The number of alkyl halides is 1. The van der Waals surface area contributed by atoms with E-state index in [1.54, 1.807) is 0 Å². The Morgan fingerprint density at radius 3 is 2.56 bits per heavy atom. The van der Waals surface area contributed by atoms with E-state index < -0.39 is 0 Å². The van der Waals surface area contributed by atoms with Crippen molar-refractivity contribution in [3.63, 3.8) is 0 Å². The lowest BCUT2D eigenvalue weighted by molar-refractivity contribution is -0.897. The fraction of sp³-hybridized carbons (Fsp3) is 1.00. The summed E-state index contributed by atoms with van der Waals surface area (Å²) in [6.45, 7) is 2.83. The van der Waals surface area contributed by atoms with Gasteiger partial charge in [0.1, 0.15) is 4.95 Å². The normalized spacial score (nSPS) is 56.7. The van der Waals surface area contributed by atoms with E-state index in [4.69, 9.17) is 0 Å². The highest BCUT2D eigenvalue weighted by atomic mass is 79.9. The number of quaternary nitrogens is 1. The zero-order valence-electron chi connectivity index (χ0n) is 5.81. The molecule has 52 valence electrons. The van der Waals surface area contributed by atoms with Gasteiger partial charge in [0.25, 0.3) is 0 Å². The number of rotatable bonds is 0. The molecule has 2 bridgehead atoms. The average Bonchev–Trinajstić information content (AvgIpc) is 2.22. The minimum atomic E-state index is 0.774. The summed E-state index contributed by atoms with van der Waals surface area (Å²) in [5, 5.41) is 0. The van der Waals surface area contributed by atoms with Crippen molar-refractivity contribution in [2.45, 2.75) is 17.8 Å². The van der Waals surface area contributed by atoms with Crippen LogP contribution in [0.4, 0.5) is 0 Å². The van der Waals surface area contributed by atoms with Crippen molar-refractivity contribution in [3.05, 3.63) is 0 Å². The molecule has 2 heterocycles. The number of hydrogen-bond acceptors (Lipinski definition) is 0. The van der Waals surface area contributed by atoms with Gasteiger partial charge < -0.3 is 4.48 Å². The van der Waals surface area contributed by atoms with E-state index in [9.17, 15) is 0 Å². The van der Waals surface area contributed by atoms with E-state index in [0.717, 1.165) is 10.9 Å². The fourth-order valence-corrected chi connectivity index (χ4v) is 3.13. The number of halogens is 1. The van der Waals surface area contributed by atoms with Crippen LogP contribution < -0.4 is 0 Å². The Balaban J connectivity index is 2.22. The summed E-state index contributed by atoms with van der Waals surface area (Å²) >= 11 is 3.72. The second-order valence-corrected chi connectivity index (χ2v) is 4.77. The van der Waals surface area contributed by atoms with Crippen LogP contribution in [0.5, 0.6) is 0 Å². The lowest BCUT2D eigenvalue weighted by Crippen LogP contribution is -2.43. The van der Waals surface area contributed by atoms with Gasteiger partial charge in [0.15, 0.2) is 0 Å². The van der Waals surface area contributed by atoms with Gasteiger partial charge in [0, 0.05) is 18.8 Å². The quantitative estimate of drug-likeness (QED) is 0.310. The van der Waals surface area contributed by atoms with Crippen LogP contribution in [0.15, 0.2) is 0 Å². The summed E-state index contributed by atoms with van der Waals surface area (Å²) in [6, 6.07) is 0. The Labute approximate surface area is 64.8 Å². The van der Waals surface area contributed by atoms with Gasteiger partial charge in [-0.25, -0.2) is 0 Å². The van der Waals surface area contributed by atoms with Crippen LogP contribution in [0.1, 0.15) is 12.8 Å². The summed E-state index contributed by atoms with van der Waals surface area (Å²) in [5.41, 5.74) is 0. The molecule has 9 heavy (non-hydrogen) atoms. The molecular weight excluding hydrogens is 178 g/mol. The third-order valence-corrected chi connectivity index (χ3v) is 4.29. The first kappa shape index (κ1) is 6.17. The molecule has 0 aromatic heterocycles. The minimum Gasteiger partial charge on any atom is -0.314 e. The molecule has 0 amide bonds. The third-order valence-electron chi connectivity index (χ3n) is 2.93.